The summed E-state index contributed by atoms with van der Waals surface area (Å²) >= 11 is 0. The summed E-state index contributed by atoms with van der Waals surface area (Å²) in [5.74, 6) is 1.85. The Morgan fingerprint density at radius 3 is 2.63 bits per heavy atom. The van der Waals surface area contributed by atoms with Gasteiger partial charge in [-0.3, -0.25) is 0 Å². The van der Waals surface area contributed by atoms with Crippen LogP contribution in [0.2, 0.25) is 0 Å². The van der Waals surface area contributed by atoms with Gasteiger partial charge in [0.2, 0.25) is 0 Å². The number of carbonyl (C=O) groups excluding carboxylic acids is 1. The summed E-state index contributed by atoms with van der Waals surface area (Å²) in [6, 6.07) is 3.40. The molecule has 5 nitrogen and oxygen atoms in total. The first kappa shape index (κ1) is 13.8. The molecule has 19 heavy (non-hydrogen) atoms. The Labute approximate surface area is 113 Å². The molecule has 104 valence electrons. The molecule has 2 rings (SSSR count). The molecular weight excluding hydrogens is 242 g/mol. The fraction of sp³-hybridized carbons (Fsp3) is 0.643. The molecule has 0 aliphatic heterocycles. The first-order chi connectivity index (χ1) is 9.19. The Kier molecular flexibility index (Phi) is 4.71. The van der Waals surface area contributed by atoms with Gasteiger partial charge in [0, 0.05) is 6.54 Å². The zero-order chi connectivity index (χ0) is 13.7. The molecule has 1 aromatic heterocycles. The molecule has 1 aliphatic rings. The van der Waals surface area contributed by atoms with Gasteiger partial charge in [-0.05, 0) is 36.8 Å². The molecule has 0 saturated heterocycles. The number of methoxy groups -OCH3 is 1. The van der Waals surface area contributed by atoms with Crippen molar-refractivity contribution in [3.05, 3.63) is 17.8 Å². The second kappa shape index (κ2) is 6.50. The Morgan fingerprint density at radius 1 is 1.32 bits per heavy atom. The predicted molar refractivity (Wildman–Crippen MR) is 73.0 cm³/mol. The monoisotopic (exact) mass is 263 g/mol. The van der Waals surface area contributed by atoms with E-state index in [2.05, 4.69) is 27.2 Å². The van der Waals surface area contributed by atoms with Crippen molar-refractivity contribution in [2.75, 3.05) is 19.0 Å². The lowest BCUT2D eigenvalue weighted by molar-refractivity contribution is 0.0593. The number of hydrogen-bond acceptors (Lipinski definition) is 5. The molecule has 1 aromatic rings. The summed E-state index contributed by atoms with van der Waals surface area (Å²) in [7, 11) is 1.33. The number of carbonyl (C=O) groups is 1. The van der Waals surface area contributed by atoms with Gasteiger partial charge in [0.1, 0.15) is 5.82 Å². The molecule has 0 bridgehead atoms. The number of anilines is 1. The van der Waals surface area contributed by atoms with Crippen LogP contribution in [0.3, 0.4) is 0 Å². The molecule has 1 heterocycles. The van der Waals surface area contributed by atoms with Crippen LogP contribution in [0, 0.1) is 11.8 Å². The van der Waals surface area contributed by atoms with Crippen molar-refractivity contribution in [1.29, 1.82) is 0 Å². The third kappa shape index (κ3) is 3.91. The third-order valence-corrected chi connectivity index (χ3v) is 3.77. The van der Waals surface area contributed by atoms with Crippen molar-refractivity contribution < 1.29 is 9.53 Å². The van der Waals surface area contributed by atoms with Crippen LogP contribution >= 0.6 is 0 Å². The minimum absolute atomic E-state index is 0.236. The van der Waals surface area contributed by atoms with E-state index in [4.69, 9.17) is 0 Å². The van der Waals surface area contributed by atoms with E-state index in [1.54, 1.807) is 12.1 Å². The van der Waals surface area contributed by atoms with Crippen LogP contribution in [0.5, 0.6) is 0 Å². The predicted octanol–water partition coefficient (Wildman–Crippen LogP) is 2.50. The highest BCUT2D eigenvalue weighted by atomic mass is 16.5. The van der Waals surface area contributed by atoms with E-state index >= 15 is 0 Å². The van der Waals surface area contributed by atoms with Crippen LogP contribution in [-0.4, -0.2) is 29.8 Å². The van der Waals surface area contributed by atoms with Gasteiger partial charge >= 0.3 is 5.97 Å². The molecule has 1 saturated carbocycles. The van der Waals surface area contributed by atoms with Crippen LogP contribution in [0.1, 0.15) is 43.1 Å². The molecule has 1 fully saturated rings. The number of aromatic nitrogens is 2. The van der Waals surface area contributed by atoms with Crippen molar-refractivity contribution in [2.45, 2.75) is 32.6 Å². The van der Waals surface area contributed by atoms with Gasteiger partial charge in [0.05, 0.1) is 7.11 Å². The lowest BCUT2D eigenvalue weighted by Gasteiger charge is -2.26. The molecule has 1 N–H and O–H groups in total. The Bertz CT molecular complexity index is 411. The zero-order valence-corrected chi connectivity index (χ0v) is 11.6. The standard InChI is InChI=1S/C14H21N3O2/c1-10-3-5-11(6-4-10)9-15-13-8-7-12(16-17-13)14(18)19-2/h7-8,10-11H,3-6,9H2,1-2H3,(H,15,17). The van der Waals surface area contributed by atoms with Crippen molar-refractivity contribution in [3.63, 3.8) is 0 Å². The van der Waals surface area contributed by atoms with Crippen LogP contribution in [0.15, 0.2) is 12.1 Å². The maximum Gasteiger partial charge on any atom is 0.358 e. The molecule has 0 spiro atoms. The van der Waals surface area contributed by atoms with Gasteiger partial charge in [0.15, 0.2) is 5.69 Å². The topological polar surface area (TPSA) is 64.1 Å². The number of esters is 1. The summed E-state index contributed by atoms with van der Waals surface area (Å²) in [6.45, 7) is 3.25. The van der Waals surface area contributed by atoms with Gasteiger partial charge in [-0.25, -0.2) is 4.79 Å². The molecule has 1 aliphatic carbocycles. The average molecular weight is 263 g/mol. The summed E-state index contributed by atoms with van der Waals surface area (Å²) in [4.78, 5) is 11.2. The van der Waals surface area contributed by atoms with Crippen LogP contribution in [0.4, 0.5) is 5.82 Å². The largest absolute Gasteiger partial charge is 0.464 e. The minimum Gasteiger partial charge on any atom is -0.464 e. The van der Waals surface area contributed by atoms with Crippen molar-refractivity contribution in [2.24, 2.45) is 11.8 Å². The van der Waals surface area contributed by atoms with E-state index in [9.17, 15) is 4.79 Å². The highest BCUT2D eigenvalue weighted by Gasteiger charge is 2.18. The summed E-state index contributed by atoms with van der Waals surface area (Å²) in [5.41, 5.74) is 0.236. The SMILES string of the molecule is COC(=O)c1ccc(NCC2CCC(C)CC2)nn1. The smallest absolute Gasteiger partial charge is 0.358 e. The molecule has 0 radical (unpaired) electrons. The summed E-state index contributed by atoms with van der Waals surface area (Å²) in [5, 5.41) is 11.1. The van der Waals surface area contributed by atoms with E-state index < -0.39 is 5.97 Å². The molecule has 0 amide bonds. The first-order valence-corrected chi connectivity index (χ1v) is 6.85. The molecule has 0 atom stereocenters. The van der Waals surface area contributed by atoms with Gasteiger partial charge in [0.25, 0.3) is 0 Å². The number of ether oxygens (including phenoxy) is 1. The number of rotatable bonds is 4. The molecular formula is C14H21N3O2. The normalized spacial score (nSPS) is 22.8. The quantitative estimate of drug-likeness (QED) is 0.845. The second-order valence-electron chi connectivity index (χ2n) is 5.30. The fourth-order valence-corrected chi connectivity index (χ4v) is 2.42. The van der Waals surface area contributed by atoms with Crippen molar-refractivity contribution in [1.82, 2.24) is 10.2 Å². The third-order valence-electron chi connectivity index (χ3n) is 3.77. The highest BCUT2D eigenvalue weighted by molar-refractivity contribution is 5.86. The summed E-state index contributed by atoms with van der Waals surface area (Å²) in [6.07, 6.45) is 5.20. The van der Waals surface area contributed by atoms with Crippen LogP contribution in [-0.2, 0) is 4.74 Å². The van der Waals surface area contributed by atoms with Gasteiger partial charge in [-0.2, -0.15) is 0 Å². The van der Waals surface area contributed by atoms with E-state index in [-0.39, 0.29) is 5.69 Å². The Hall–Kier alpha value is -1.65. The zero-order valence-electron chi connectivity index (χ0n) is 11.6. The number of hydrogen-bond donors (Lipinski definition) is 1. The van der Waals surface area contributed by atoms with Crippen LogP contribution < -0.4 is 5.32 Å². The van der Waals surface area contributed by atoms with E-state index in [0.717, 1.165) is 18.4 Å². The van der Waals surface area contributed by atoms with Crippen LogP contribution in [0.25, 0.3) is 0 Å². The maximum absolute atomic E-state index is 11.2. The number of nitrogens with one attached hydrogen (secondary N) is 1. The molecule has 0 unspecified atom stereocenters. The minimum atomic E-state index is -0.458. The van der Waals surface area contributed by atoms with Gasteiger partial charge in [-0.1, -0.05) is 19.8 Å². The fourth-order valence-electron chi connectivity index (χ4n) is 2.42. The molecule has 0 aromatic carbocycles. The highest BCUT2D eigenvalue weighted by Crippen LogP contribution is 2.28. The second-order valence-corrected chi connectivity index (χ2v) is 5.30. The summed E-state index contributed by atoms with van der Waals surface area (Å²) < 4.78 is 4.58. The average Bonchev–Trinajstić information content (AvgIpc) is 2.46. The van der Waals surface area contributed by atoms with Crippen molar-refractivity contribution >= 4 is 11.8 Å². The van der Waals surface area contributed by atoms with Gasteiger partial charge < -0.3 is 10.1 Å². The van der Waals surface area contributed by atoms with E-state index in [1.807, 2.05) is 0 Å². The lowest BCUT2D eigenvalue weighted by atomic mass is 9.83. The van der Waals surface area contributed by atoms with Crippen molar-refractivity contribution in [3.8, 4) is 0 Å². The van der Waals surface area contributed by atoms with E-state index in [1.165, 1.54) is 32.8 Å². The molecule has 5 heteroatoms. The first-order valence-electron chi connectivity index (χ1n) is 6.85. The van der Waals surface area contributed by atoms with Gasteiger partial charge in [-0.15, -0.1) is 10.2 Å². The lowest BCUT2D eigenvalue weighted by Crippen LogP contribution is -2.20. The Balaban J connectivity index is 1.81. The van der Waals surface area contributed by atoms with E-state index in [0.29, 0.717) is 5.82 Å². The Morgan fingerprint density at radius 2 is 2.05 bits per heavy atom. The maximum atomic E-state index is 11.2. The number of nitrogens with zero attached hydrogens (tertiary/aromatic N) is 2.